The molecule has 1 heterocycles. The van der Waals surface area contributed by atoms with Crippen molar-refractivity contribution in [3.8, 4) is 5.75 Å². The zero-order chi connectivity index (χ0) is 26.6. The number of ether oxygens (including phenoxy) is 2. The average molecular weight is 523 g/mol. The minimum absolute atomic E-state index is 0.129. The standard InChI is InChI=1S/C30H42N4O4/c1-37-27-14-10-25(11-15-27)31-17-18-32-30(36)28(16-7-23-5-3-2-4-6-23)33-29(35)24-8-12-26(13-9-24)34-19-21-38-22-20-34/h8-15,23,28,31H,2-7,16-22H2,1H3,(H,32,36)(H,33,35). The van der Waals surface area contributed by atoms with Crippen molar-refractivity contribution in [2.75, 3.05) is 56.7 Å². The fourth-order valence-electron chi connectivity index (χ4n) is 5.26. The number of amides is 2. The predicted octanol–water partition coefficient (Wildman–Crippen LogP) is 4.22. The van der Waals surface area contributed by atoms with Gasteiger partial charge in [0.15, 0.2) is 0 Å². The Labute approximate surface area is 226 Å². The SMILES string of the molecule is COc1ccc(NCCNC(=O)C(CCC2CCCCC2)NC(=O)c2ccc(N3CCOCC3)cc2)cc1. The van der Waals surface area contributed by atoms with Crippen molar-refractivity contribution in [2.24, 2.45) is 5.92 Å². The summed E-state index contributed by atoms with van der Waals surface area (Å²) in [5, 5.41) is 9.34. The van der Waals surface area contributed by atoms with Gasteiger partial charge in [-0.15, -0.1) is 0 Å². The Morgan fingerprint density at radius 3 is 2.37 bits per heavy atom. The van der Waals surface area contributed by atoms with Gasteiger partial charge in [-0.25, -0.2) is 0 Å². The van der Waals surface area contributed by atoms with Crippen LogP contribution in [0.3, 0.4) is 0 Å². The number of rotatable bonds is 12. The number of carbonyl (C=O) groups is 2. The summed E-state index contributed by atoms with van der Waals surface area (Å²) in [6, 6.07) is 14.8. The summed E-state index contributed by atoms with van der Waals surface area (Å²) in [5.74, 6) is 1.10. The van der Waals surface area contributed by atoms with E-state index in [9.17, 15) is 9.59 Å². The third-order valence-corrected chi connectivity index (χ3v) is 7.56. The highest BCUT2D eigenvalue weighted by atomic mass is 16.5. The van der Waals surface area contributed by atoms with Gasteiger partial charge in [0.2, 0.25) is 5.91 Å². The van der Waals surface area contributed by atoms with Gasteiger partial charge < -0.3 is 30.3 Å². The van der Waals surface area contributed by atoms with Gasteiger partial charge in [0.05, 0.1) is 20.3 Å². The summed E-state index contributed by atoms with van der Waals surface area (Å²) in [4.78, 5) is 28.5. The summed E-state index contributed by atoms with van der Waals surface area (Å²) >= 11 is 0. The lowest BCUT2D eigenvalue weighted by atomic mass is 9.85. The van der Waals surface area contributed by atoms with Crippen LogP contribution in [0.2, 0.25) is 0 Å². The lowest BCUT2D eigenvalue weighted by Crippen LogP contribution is -2.47. The molecule has 0 radical (unpaired) electrons. The molecule has 2 fully saturated rings. The molecule has 0 spiro atoms. The molecule has 1 saturated heterocycles. The second-order valence-electron chi connectivity index (χ2n) is 10.2. The van der Waals surface area contributed by atoms with E-state index in [1.54, 1.807) is 7.11 Å². The maximum Gasteiger partial charge on any atom is 0.251 e. The van der Waals surface area contributed by atoms with Crippen molar-refractivity contribution in [1.82, 2.24) is 10.6 Å². The lowest BCUT2D eigenvalue weighted by molar-refractivity contribution is -0.123. The Hall–Kier alpha value is -3.26. The zero-order valence-electron chi connectivity index (χ0n) is 22.5. The number of anilines is 2. The maximum absolute atomic E-state index is 13.1. The van der Waals surface area contributed by atoms with Gasteiger partial charge in [-0.05, 0) is 67.3 Å². The fraction of sp³-hybridized carbons (Fsp3) is 0.533. The van der Waals surface area contributed by atoms with Crippen LogP contribution in [0.25, 0.3) is 0 Å². The van der Waals surface area contributed by atoms with E-state index in [0.29, 0.717) is 31.0 Å². The largest absolute Gasteiger partial charge is 0.497 e. The monoisotopic (exact) mass is 522 g/mol. The lowest BCUT2D eigenvalue weighted by Gasteiger charge is -2.29. The fourth-order valence-corrected chi connectivity index (χ4v) is 5.26. The Kier molecular flexibility index (Phi) is 10.7. The molecule has 1 saturated carbocycles. The third kappa shape index (κ3) is 8.38. The molecule has 1 unspecified atom stereocenters. The first-order chi connectivity index (χ1) is 18.6. The summed E-state index contributed by atoms with van der Waals surface area (Å²) < 4.78 is 10.6. The molecule has 0 aromatic heterocycles. The van der Waals surface area contributed by atoms with Crippen LogP contribution in [0.1, 0.15) is 55.3 Å². The molecule has 1 aliphatic carbocycles. The van der Waals surface area contributed by atoms with Gasteiger partial charge >= 0.3 is 0 Å². The Balaban J connectivity index is 1.30. The molecule has 4 rings (SSSR count). The van der Waals surface area contributed by atoms with Crippen molar-refractivity contribution in [1.29, 1.82) is 0 Å². The van der Waals surface area contributed by atoms with E-state index in [2.05, 4.69) is 20.9 Å². The number of hydrogen-bond donors (Lipinski definition) is 3. The highest BCUT2D eigenvalue weighted by Crippen LogP contribution is 2.28. The molecule has 1 atom stereocenters. The van der Waals surface area contributed by atoms with E-state index >= 15 is 0 Å². The molecule has 2 aromatic rings. The highest BCUT2D eigenvalue weighted by Gasteiger charge is 2.24. The van der Waals surface area contributed by atoms with Gasteiger partial charge in [0.1, 0.15) is 11.8 Å². The first kappa shape index (κ1) is 27.8. The van der Waals surface area contributed by atoms with E-state index in [-0.39, 0.29) is 11.8 Å². The van der Waals surface area contributed by atoms with Gasteiger partial charge in [-0.2, -0.15) is 0 Å². The molecule has 8 nitrogen and oxygen atoms in total. The molecular formula is C30H42N4O4. The number of nitrogens with one attached hydrogen (secondary N) is 3. The number of carbonyl (C=O) groups excluding carboxylic acids is 2. The quantitative estimate of drug-likeness (QED) is 0.362. The zero-order valence-corrected chi connectivity index (χ0v) is 22.5. The van der Waals surface area contributed by atoms with Crippen LogP contribution in [0.15, 0.2) is 48.5 Å². The van der Waals surface area contributed by atoms with Crippen molar-refractivity contribution in [2.45, 2.75) is 51.0 Å². The van der Waals surface area contributed by atoms with Gasteiger partial charge in [-0.3, -0.25) is 9.59 Å². The molecule has 38 heavy (non-hydrogen) atoms. The van der Waals surface area contributed by atoms with Gasteiger partial charge in [-0.1, -0.05) is 32.1 Å². The van der Waals surface area contributed by atoms with Crippen LogP contribution in [-0.4, -0.2) is 64.4 Å². The minimum Gasteiger partial charge on any atom is -0.497 e. The molecular weight excluding hydrogens is 480 g/mol. The van der Waals surface area contributed by atoms with E-state index in [4.69, 9.17) is 9.47 Å². The number of hydrogen-bond acceptors (Lipinski definition) is 6. The van der Waals surface area contributed by atoms with Crippen LogP contribution in [-0.2, 0) is 9.53 Å². The van der Waals surface area contributed by atoms with Crippen molar-refractivity contribution in [3.63, 3.8) is 0 Å². The second-order valence-corrected chi connectivity index (χ2v) is 10.2. The Morgan fingerprint density at radius 1 is 0.974 bits per heavy atom. The number of methoxy groups -OCH3 is 1. The van der Waals surface area contributed by atoms with Crippen molar-refractivity contribution < 1.29 is 19.1 Å². The number of benzene rings is 2. The molecule has 3 N–H and O–H groups in total. The van der Waals surface area contributed by atoms with E-state index in [1.165, 1.54) is 32.1 Å². The minimum atomic E-state index is -0.552. The van der Waals surface area contributed by atoms with Gasteiger partial charge in [0.25, 0.3) is 5.91 Å². The van der Waals surface area contributed by atoms with E-state index in [1.807, 2.05) is 48.5 Å². The molecule has 8 heteroatoms. The highest BCUT2D eigenvalue weighted by molar-refractivity contribution is 5.97. The summed E-state index contributed by atoms with van der Waals surface area (Å²) in [6.45, 7) is 4.19. The smallest absolute Gasteiger partial charge is 0.251 e. The van der Waals surface area contributed by atoms with Crippen LogP contribution in [0, 0.1) is 5.92 Å². The average Bonchev–Trinajstić information content (AvgIpc) is 2.98. The van der Waals surface area contributed by atoms with Crippen molar-refractivity contribution >= 4 is 23.2 Å². The Morgan fingerprint density at radius 2 is 1.68 bits per heavy atom. The summed E-state index contributed by atoms with van der Waals surface area (Å²) in [5.41, 5.74) is 2.61. The normalized spacial score (nSPS) is 16.9. The number of nitrogens with zero attached hydrogens (tertiary/aromatic N) is 1. The molecule has 1 aliphatic heterocycles. The van der Waals surface area contributed by atoms with E-state index in [0.717, 1.165) is 49.8 Å². The summed E-state index contributed by atoms with van der Waals surface area (Å²) in [6.07, 6.45) is 7.88. The first-order valence-corrected chi connectivity index (χ1v) is 14.0. The van der Waals surface area contributed by atoms with Crippen molar-refractivity contribution in [3.05, 3.63) is 54.1 Å². The summed E-state index contributed by atoms with van der Waals surface area (Å²) in [7, 11) is 1.64. The molecule has 0 bridgehead atoms. The van der Waals surface area contributed by atoms with E-state index < -0.39 is 6.04 Å². The number of morpholine rings is 1. The predicted molar refractivity (Wildman–Crippen MR) is 151 cm³/mol. The van der Waals surface area contributed by atoms with Crippen LogP contribution in [0.5, 0.6) is 5.75 Å². The molecule has 2 aliphatic rings. The van der Waals surface area contributed by atoms with Crippen LogP contribution < -0.4 is 25.6 Å². The Bertz CT molecular complexity index is 1000. The van der Waals surface area contributed by atoms with Crippen LogP contribution >= 0.6 is 0 Å². The first-order valence-electron chi connectivity index (χ1n) is 14.0. The third-order valence-electron chi connectivity index (χ3n) is 7.56. The molecule has 2 aromatic carbocycles. The second kappa shape index (κ2) is 14.6. The van der Waals surface area contributed by atoms with Crippen LogP contribution in [0.4, 0.5) is 11.4 Å². The molecule has 2 amide bonds. The topological polar surface area (TPSA) is 91.9 Å². The molecule has 206 valence electrons. The van der Waals surface area contributed by atoms with Gasteiger partial charge in [0, 0.05) is 43.1 Å². The maximum atomic E-state index is 13.1.